The summed E-state index contributed by atoms with van der Waals surface area (Å²) in [6.07, 6.45) is 0. The molecule has 3 rings (SSSR count). The third kappa shape index (κ3) is 4.44. The lowest BCUT2D eigenvalue weighted by atomic mass is 10.2. The van der Waals surface area contributed by atoms with Gasteiger partial charge in [0.05, 0.1) is 10.0 Å². The maximum atomic E-state index is 12.6. The molecule has 1 aliphatic rings. The second-order valence-corrected chi connectivity index (χ2v) is 7.01. The quantitative estimate of drug-likeness (QED) is 0.861. The third-order valence-corrected chi connectivity index (χ3v) is 5.09. The van der Waals surface area contributed by atoms with Crippen LogP contribution in [-0.2, 0) is 0 Å². The van der Waals surface area contributed by atoms with E-state index in [4.69, 9.17) is 23.2 Å². The Labute approximate surface area is 163 Å². The molecule has 1 N–H and O–H groups in total. The molecule has 6 nitrogen and oxygen atoms in total. The van der Waals surface area contributed by atoms with Gasteiger partial charge in [0.25, 0.3) is 5.91 Å². The molecule has 2 heterocycles. The number of carbonyl (C=O) groups excluding carboxylic acids is 1. The monoisotopic (exact) mass is 393 g/mol. The van der Waals surface area contributed by atoms with E-state index in [1.54, 1.807) is 24.3 Å². The van der Waals surface area contributed by atoms with Crippen molar-refractivity contribution in [3.05, 3.63) is 45.7 Å². The van der Waals surface area contributed by atoms with E-state index in [-0.39, 0.29) is 5.91 Å². The maximum absolute atomic E-state index is 12.6. The number of benzene rings is 1. The zero-order valence-electron chi connectivity index (χ0n) is 14.8. The van der Waals surface area contributed by atoms with Gasteiger partial charge in [0, 0.05) is 37.6 Å². The van der Waals surface area contributed by atoms with Crippen molar-refractivity contribution in [2.75, 3.05) is 42.9 Å². The van der Waals surface area contributed by atoms with Gasteiger partial charge in [0.1, 0.15) is 5.69 Å². The molecule has 0 aliphatic carbocycles. The highest BCUT2D eigenvalue weighted by molar-refractivity contribution is 6.42. The summed E-state index contributed by atoms with van der Waals surface area (Å²) in [7, 11) is 0. The van der Waals surface area contributed by atoms with Crippen molar-refractivity contribution in [1.29, 1.82) is 0 Å². The van der Waals surface area contributed by atoms with Gasteiger partial charge in [-0.25, -0.2) is 9.97 Å². The Hall–Kier alpha value is -1.89. The van der Waals surface area contributed by atoms with E-state index in [2.05, 4.69) is 32.0 Å². The lowest BCUT2D eigenvalue weighted by Gasteiger charge is -2.34. The number of hydrogen-bond donors (Lipinski definition) is 1. The minimum Gasteiger partial charge on any atom is -0.338 e. The highest BCUT2D eigenvalue weighted by Crippen LogP contribution is 2.25. The van der Waals surface area contributed by atoms with Crippen LogP contribution in [0.4, 0.5) is 11.6 Å². The fraction of sp³-hybridized carbons (Fsp3) is 0.389. The number of likely N-dealkylation sites (N-methyl/N-ethyl adjacent to an activating group) is 1. The second-order valence-electron chi connectivity index (χ2n) is 6.20. The van der Waals surface area contributed by atoms with E-state index in [0.29, 0.717) is 27.4 Å². The van der Waals surface area contributed by atoms with Gasteiger partial charge in [-0.2, -0.15) is 0 Å². The van der Waals surface area contributed by atoms with Crippen LogP contribution in [0.5, 0.6) is 0 Å². The Morgan fingerprint density at radius 1 is 1.12 bits per heavy atom. The Balaban J connectivity index is 1.76. The van der Waals surface area contributed by atoms with Crippen LogP contribution in [0.1, 0.15) is 23.1 Å². The average molecular weight is 394 g/mol. The summed E-state index contributed by atoms with van der Waals surface area (Å²) in [5.41, 5.74) is 1.66. The van der Waals surface area contributed by atoms with Crippen molar-refractivity contribution in [1.82, 2.24) is 14.9 Å². The molecule has 1 amide bonds. The van der Waals surface area contributed by atoms with E-state index < -0.39 is 0 Å². The molecule has 0 saturated carbocycles. The molecule has 0 bridgehead atoms. The normalized spacial score (nSPS) is 15.2. The van der Waals surface area contributed by atoms with Gasteiger partial charge >= 0.3 is 0 Å². The van der Waals surface area contributed by atoms with Gasteiger partial charge in [0.15, 0.2) is 0 Å². The molecule has 0 radical (unpaired) electrons. The molecular formula is C18H21Cl2N5O. The number of halogens is 2. The molecule has 0 unspecified atom stereocenters. The van der Waals surface area contributed by atoms with Gasteiger partial charge in [-0.3, -0.25) is 4.79 Å². The van der Waals surface area contributed by atoms with Crippen LogP contribution in [0.25, 0.3) is 0 Å². The summed E-state index contributed by atoms with van der Waals surface area (Å²) in [6.45, 7) is 8.71. The minimum absolute atomic E-state index is 0.303. The largest absolute Gasteiger partial charge is 0.338 e. The van der Waals surface area contributed by atoms with Crippen molar-refractivity contribution in [3.63, 3.8) is 0 Å². The first-order chi connectivity index (χ1) is 12.5. The maximum Gasteiger partial charge on any atom is 0.274 e. The Morgan fingerprint density at radius 3 is 2.50 bits per heavy atom. The summed E-state index contributed by atoms with van der Waals surface area (Å²) in [5, 5.41) is 3.63. The van der Waals surface area contributed by atoms with Gasteiger partial charge in [-0.1, -0.05) is 30.1 Å². The molecule has 1 aromatic heterocycles. The molecule has 2 aromatic rings. The average Bonchev–Trinajstić information content (AvgIpc) is 2.64. The predicted octanol–water partition coefficient (Wildman–Crippen LogP) is 3.49. The number of aryl methyl sites for hydroxylation is 1. The molecule has 0 spiro atoms. The Bertz CT molecular complexity index is 806. The van der Waals surface area contributed by atoms with Crippen LogP contribution in [0.15, 0.2) is 24.3 Å². The van der Waals surface area contributed by atoms with Crippen LogP contribution < -0.4 is 10.2 Å². The van der Waals surface area contributed by atoms with E-state index in [1.807, 2.05) is 6.92 Å². The highest BCUT2D eigenvalue weighted by Gasteiger charge is 2.20. The van der Waals surface area contributed by atoms with E-state index in [9.17, 15) is 4.79 Å². The number of anilines is 2. The summed E-state index contributed by atoms with van der Waals surface area (Å²) in [6, 6.07) is 6.63. The van der Waals surface area contributed by atoms with Gasteiger partial charge in [-0.05, 0) is 37.7 Å². The molecule has 138 valence electrons. The van der Waals surface area contributed by atoms with Crippen LogP contribution in [0, 0.1) is 6.92 Å². The van der Waals surface area contributed by atoms with E-state index >= 15 is 0 Å². The van der Waals surface area contributed by atoms with E-state index in [1.165, 1.54) is 0 Å². The van der Waals surface area contributed by atoms with Crippen molar-refractivity contribution in [2.45, 2.75) is 13.8 Å². The summed E-state index contributed by atoms with van der Waals surface area (Å²) < 4.78 is 0. The summed E-state index contributed by atoms with van der Waals surface area (Å²) in [5.74, 6) is 0.294. The van der Waals surface area contributed by atoms with Crippen LogP contribution >= 0.6 is 23.2 Å². The van der Waals surface area contributed by atoms with Crippen molar-refractivity contribution >= 4 is 40.7 Å². The summed E-state index contributed by atoms with van der Waals surface area (Å²) in [4.78, 5) is 26.1. The van der Waals surface area contributed by atoms with Crippen molar-refractivity contribution in [3.8, 4) is 0 Å². The number of rotatable bonds is 4. The number of amides is 1. The second kappa shape index (κ2) is 8.20. The SMILES string of the molecule is CCN1CCN(c2nc(C)cc(C(=O)Nc3ccc(Cl)c(Cl)c3)n2)CC1. The van der Waals surface area contributed by atoms with Gasteiger partial charge < -0.3 is 15.1 Å². The number of piperazine rings is 1. The first-order valence-corrected chi connectivity index (χ1v) is 9.31. The Morgan fingerprint density at radius 2 is 1.85 bits per heavy atom. The molecule has 8 heteroatoms. The molecule has 26 heavy (non-hydrogen) atoms. The highest BCUT2D eigenvalue weighted by atomic mass is 35.5. The summed E-state index contributed by atoms with van der Waals surface area (Å²) >= 11 is 11.9. The Kier molecular flexibility index (Phi) is 5.96. The minimum atomic E-state index is -0.303. The van der Waals surface area contributed by atoms with Crippen LogP contribution in [0.2, 0.25) is 10.0 Å². The molecule has 1 fully saturated rings. The predicted molar refractivity (Wildman–Crippen MR) is 106 cm³/mol. The lowest BCUT2D eigenvalue weighted by molar-refractivity contribution is 0.102. The molecule has 0 atom stereocenters. The molecule has 1 aliphatic heterocycles. The number of nitrogens with one attached hydrogen (secondary N) is 1. The topological polar surface area (TPSA) is 61.4 Å². The van der Waals surface area contributed by atoms with Crippen molar-refractivity contribution in [2.24, 2.45) is 0 Å². The van der Waals surface area contributed by atoms with Crippen LogP contribution in [-0.4, -0.2) is 53.5 Å². The zero-order chi connectivity index (χ0) is 18.7. The van der Waals surface area contributed by atoms with Gasteiger partial charge in [0.2, 0.25) is 5.95 Å². The fourth-order valence-corrected chi connectivity index (χ4v) is 3.14. The fourth-order valence-electron chi connectivity index (χ4n) is 2.84. The number of aromatic nitrogens is 2. The lowest BCUT2D eigenvalue weighted by Crippen LogP contribution is -2.47. The molecule has 1 saturated heterocycles. The molecular weight excluding hydrogens is 373 g/mol. The van der Waals surface area contributed by atoms with Gasteiger partial charge in [-0.15, -0.1) is 0 Å². The van der Waals surface area contributed by atoms with Crippen LogP contribution in [0.3, 0.4) is 0 Å². The number of nitrogens with zero attached hydrogens (tertiary/aromatic N) is 4. The number of carbonyl (C=O) groups is 1. The first-order valence-electron chi connectivity index (χ1n) is 8.55. The van der Waals surface area contributed by atoms with Crippen molar-refractivity contribution < 1.29 is 4.79 Å². The smallest absolute Gasteiger partial charge is 0.274 e. The first kappa shape index (κ1) is 18.9. The zero-order valence-corrected chi connectivity index (χ0v) is 16.3. The number of hydrogen-bond acceptors (Lipinski definition) is 5. The standard InChI is InChI=1S/C18H21Cl2N5O/c1-3-24-6-8-25(9-7-24)18-21-12(2)10-16(23-18)17(26)22-13-4-5-14(19)15(20)11-13/h4-5,10-11H,3,6-9H2,1-2H3,(H,22,26). The molecule has 1 aromatic carbocycles. The van der Waals surface area contributed by atoms with E-state index in [0.717, 1.165) is 38.4 Å². The third-order valence-electron chi connectivity index (χ3n) is 4.35.